The third kappa shape index (κ3) is 3.17. The summed E-state index contributed by atoms with van der Waals surface area (Å²) in [6, 6.07) is 3.83. The molecule has 0 bridgehead atoms. The fourth-order valence-corrected chi connectivity index (χ4v) is 2.83. The van der Waals surface area contributed by atoms with Crippen LogP contribution in [-0.2, 0) is 6.42 Å². The van der Waals surface area contributed by atoms with Gasteiger partial charge in [0, 0.05) is 24.5 Å². The van der Waals surface area contributed by atoms with Crippen LogP contribution >= 0.6 is 11.3 Å². The minimum Gasteiger partial charge on any atom is -0.352 e. The van der Waals surface area contributed by atoms with E-state index in [1.807, 2.05) is 19.1 Å². The zero-order chi connectivity index (χ0) is 13.7. The molecule has 1 amide bonds. The molecule has 0 aliphatic heterocycles. The van der Waals surface area contributed by atoms with Crippen molar-refractivity contribution in [1.29, 1.82) is 0 Å². The van der Waals surface area contributed by atoms with Crippen LogP contribution < -0.4 is 5.32 Å². The molecule has 4 nitrogen and oxygen atoms in total. The lowest BCUT2D eigenvalue weighted by atomic mass is 10.2. The molecule has 19 heavy (non-hydrogen) atoms. The molecule has 0 saturated carbocycles. The van der Waals surface area contributed by atoms with Gasteiger partial charge in [0.05, 0.1) is 5.69 Å². The minimum absolute atomic E-state index is 0.0243. The predicted molar refractivity (Wildman–Crippen MR) is 77.3 cm³/mol. The topological polar surface area (TPSA) is 54.9 Å². The van der Waals surface area contributed by atoms with Crippen LogP contribution in [0.1, 0.15) is 35.6 Å². The summed E-state index contributed by atoms with van der Waals surface area (Å²) in [4.78, 5) is 21.4. The molecule has 0 fully saturated rings. The standard InChI is InChI=1S/C14H17N3OS/c1-3-5-11-12(13(18)16-4-2)19-14(17-11)10-6-8-15-9-7-10/h6-9H,3-5H2,1-2H3,(H,16,18). The van der Waals surface area contributed by atoms with Gasteiger partial charge in [0.1, 0.15) is 9.88 Å². The average molecular weight is 275 g/mol. The van der Waals surface area contributed by atoms with Gasteiger partial charge in [-0.1, -0.05) is 13.3 Å². The Labute approximate surface area is 116 Å². The van der Waals surface area contributed by atoms with Crippen molar-refractivity contribution in [3.63, 3.8) is 0 Å². The lowest BCUT2D eigenvalue weighted by Crippen LogP contribution is -2.22. The van der Waals surface area contributed by atoms with Crippen LogP contribution in [0.15, 0.2) is 24.5 Å². The van der Waals surface area contributed by atoms with Crippen molar-refractivity contribution in [2.75, 3.05) is 6.54 Å². The second kappa shape index (κ2) is 6.43. The molecular weight excluding hydrogens is 258 g/mol. The zero-order valence-corrected chi connectivity index (χ0v) is 12.0. The first-order valence-electron chi connectivity index (χ1n) is 6.44. The Kier molecular flexibility index (Phi) is 4.63. The van der Waals surface area contributed by atoms with Crippen LogP contribution in [0.3, 0.4) is 0 Å². The molecule has 5 heteroatoms. The molecule has 2 heterocycles. The molecule has 0 spiro atoms. The summed E-state index contributed by atoms with van der Waals surface area (Å²) in [7, 11) is 0. The number of hydrogen-bond acceptors (Lipinski definition) is 4. The van der Waals surface area contributed by atoms with Crippen molar-refractivity contribution >= 4 is 17.2 Å². The number of aryl methyl sites for hydroxylation is 1. The van der Waals surface area contributed by atoms with Crippen LogP contribution in [-0.4, -0.2) is 22.4 Å². The smallest absolute Gasteiger partial charge is 0.263 e. The number of thiazole rings is 1. The molecule has 0 aliphatic carbocycles. The van der Waals surface area contributed by atoms with E-state index in [4.69, 9.17) is 0 Å². The Morgan fingerprint density at radius 1 is 1.32 bits per heavy atom. The van der Waals surface area contributed by atoms with Gasteiger partial charge in [0.2, 0.25) is 0 Å². The number of carbonyl (C=O) groups is 1. The first kappa shape index (κ1) is 13.7. The fourth-order valence-electron chi connectivity index (χ4n) is 1.79. The summed E-state index contributed by atoms with van der Waals surface area (Å²) in [6.07, 6.45) is 5.28. The normalized spacial score (nSPS) is 10.4. The van der Waals surface area contributed by atoms with Crippen molar-refractivity contribution in [1.82, 2.24) is 15.3 Å². The molecule has 0 atom stereocenters. The van der Waals surface area contributed by atoms with Gasteiger partial charge in [0.15, 0.2) is 0 Å². The number of pyridine rings is 1. The monoisotopic (exact) mass is 275 g/mol. The molecule has 0 aromatic carbocycles. The first-order valence-corrected chi connectivity index (χ1v) is 7.26. The number of nitrogens with one attached hydrogen (secondary N) is 1. The molecule has 0 aliphatic rings. The summed E-state index contributed by atoms with van der Waals surface area (Å²) >= 11 is 1.45. The summed E-state index contributed by atoms with van der Waals surface area (Å²) in [6.45, 7) is 4.64. The van der Waals surface area contributed by atoms with Gasteiger partial charge in [-0.05, 0) is 25.5 Å². The number of hydrogen-bond donors (Lipinski definition) is 1. The highest BCUT2D eigenvalue weighted by Gasteiger charge is 2.17. The van der Waals surface area contributed by atoms with Gasteiger partial charge in [-0.15, -0.1) is 11.3 Å². The van der Waals surface area contributed by atoms with Crippen LogP contribution in [0.2, 0.25) is 0 Å². The molecule has 0 saturated heterocycles. The van der Waals surface area contributed by atoms with Gasteiger partial charge in [-0.25, -0.2) is 4.98 Å². The van der Waals surface area contributed by atoms with E-state index in [0.717, 1.165) is 34.0 Å². The van der Waals surface area contributed by atoms with Crippen LogP contribution in [0, 0.1) is 0 Å². The van der Waals surface area contributed by atoms with Crippen LogP contribution in [0.5, 0.6) is 0 Å². The van der Waals surface area contributed by atoms with Gasteiger partial charge < -0.3 is 5.32 Å². The Hall–Kier alpha value is -1.75. The van der Waals surface area contributed by atoms with E-state index in [1.165, 1.54) is 11.3 Å². The van der Waals surface area contributed by atoms with Crippen LogP contribution in [0.25, 0.3) is 10.6 Å². The summed E-state index contributed by atoms with van der Waals surface area (Å²) in [5.41, 5.74) is 1.90. The van der Waals surface area contributed by atoms with Crippen LogP contribution in [0.4, 0.5) is 0 Å². The summed E-state index contributed by atoms with van der Waals surface area (Å²) in [5, 5.41) is 3.73. The number of amides is 1. The number of nitrogens with zero attached hydrogens (tertiary/aromatic N) is 2. The molecule has 0 unspecified atom stereocenters. The summed E-state index contributed by atoms with van der Waals surface area (Å²) < 4.78 is 0. The van der Waals surface area contributed by atoms with Crippen molar-refractivity contribution in [3.05, 3.63) is 35.1 Å². The number of aromatic nitrogens is 2. The van der Waals surface area contributed by atoms with Gasteiger partial charge in [0.25, 0.3) is 5.91 Å². The molecule has 2 rings (SSSR count). The van der Waals surface area contributed by atoms with E-state index >= 15 is 0 Å². The number of rotatable bonds is 5. The van der Waals surface area contributed by atoms with Crippen molar-refractivity contribution in [2.45, 2.75) is 26.7 Å². The largest absolute Gasteiger partial charge is 0.352 e. The molecular formula is C14H17N3OS. The minimum atomic E-state index is -0.0243. The summed E-state index contributed by atoms with van der Waals surface area (Å²) in [5.74, 6) is -0.0243. The van der Waals surface area contributed by atoms with E-state index < -0.39 is 0 Å². The second-order valence-electron chi connectivity index (χ2n) is 4.14. The maximum atomic E-state index is 12.0. The maximum absolute atomic E-state index is 12.0. The van der Waals surface area contributed by atoms with Gasteiger partial charge in [-0.2, -0.15) is 0 Å². The highest BCUT2D eigenvalue weighted by atomic mass is 32.1. The third-order valence-corrected chi connectivity index (χ3v) is 3.80. The number of carbonyl (C=O) groups excluding carboxylic acids is 1. The Balaban J connectivity index is 2.37. The second-order valence-corrected chi connectivity index (χ2v) is 5.14. The lowest BCUT2D eigenvalue weighted by molar-refractivity contribution is 0.0958. The molecule has 2 aromatic rings. The highest BCUT2D eigenvalue weighted by Crippen LogP contribution is 2.28. The molecule has 100 valence electrons. The van der Waals surface area contributed by atoms with Crippen molar-refractivity contribution in [2.24, 2.45) is 0 Å². The Morgan fingerprint density at radius 2 is 2.05 bits per heavy atom. The van der Waals surface area contributed by atoms with E-state index in [0.29, 0.717) is 6.54 Å². The van der Waals surface area contributed by atoms with Crippen molar-refractivity contribution < 1.29 is 4.79 Å². The lowest BCUT2D eigenvalue weighted by Gasteiger charge is -2.00. The fraction of sp³-hybridized carbons (Fsp3) is 0.357. The maximum Gasteiger partial charge on any atom is 0.263 e. The van der Waals surface area contributed by atoms with E-state index in [1.54, 1.807) is 12.4 Å². The molecule has 2 aromatic heterocycles. The van der Waals surface area contributed by atoms with Crippen molar-refractivity contribution in [3.8, 4) is 10.6 Å². The molecule has 1 N–H and O–H groups in total. The van der Waals surface area contributed by atoms with E-state index in [2.05, 4.69) is 22.2 Å². The van der Waals surface area contributed by atoms with Gasteiger partial charge >= 0.3 is 0 Å². The van der Waals surface area contributed by atoms with E-state index in [9.17, 15) is 4.79 Å². The zero-order valence-electron chi connectivity index (χ0n) is 11.1. The Morgan fingerprint density at radius 3 is 2.68 bits per heavy atom. The first-order chi connectivity index (χ1) is 9.26. The SMILES string of the molecule is CCCc1nc(-c2ccncc2)sc1C(=O)NCC. The van der Waals surface area contributed by atoms with E-state index in [-0.39, 0.29) is 5.91 Å². The Bertz CT molecular complexity index is 551. The highest BCUT2D eigenvalue weighted by molar-refractivity contribution is 7.17. The van der Waals surface area contributed by atoms with Gasteiger partial charge in [-0.3, -0.25) is 9.78 Å². The quantitative estimate of drug-likeness (QED) is 0.912. The predicted octanol–water partition coefficient (Wildman–Crippen LogP) is 2.91. The average Bonchev–Trinajstić information content (AvgIpc) is 2.85. The molecule has 0 radical (unpaired) electrons. The third-order valence-electron chi connectivity index (χ3n) is 2.65.